The van der Waals surface area contributed by atoms with Crippen molar-refractivity contribution in [2.75, 3.05) is 0 Å². The van der Waals surface area contributed by atoms with Crippen LogP contribution in [0.1, 0.15) is 44.3 Å². The lowest BCUT2D eigenvalue weighted by molar-refractivity contribution is 0.458. The molecule has 0 aliphatic rings. The van der Waals surface area contributed by atoms with Crippen LogP contribution >= 0.6 is 0 Å². The van der Waals surface area contributed by atoms with Gasteiger partial charge >= 0.3 is 0 Å². The molecule has 1 atom stereocenters. The summed E-state index contributed by atoms with van der Waals surface area (Å²) in [4.78, 5) is 4.35. The Morgan fingerprint density at radius 1 is 1.57 bits per heavy atom. The van der Waals surface area contributed by atoms with Crippen molar-refractivity contribution in [1.82, 2.24) is 0 Å². The van der Waals surface area contributed by atoms with Crippen LogP contribution in [0, 0.1) is 6.92 Å². The first-order valence-electron chi connectivity index (χ1n) is 5.02. The molecule has 0 aromatic carbocycles. The minimum Gasteiger partial charge on any atom is -0.464 e. The number of aryl methyl sites for hydroxylation is 1. The summed E-state index contributed by atoms with van der Waals surface area (Å²) in [6, 6.07) is 3.91. The first-order chi connectivity index (χ1) is 6.63. The summed E-state index contributed by atoms with van der Waals surface area (Å²) in [6.45, 7) is 6.00. The van der Waals surface area contributed by atoms with Crippen LogP contribution in [0.4, 0.5) is 0 Å². The van der Waals surface area contributed by atoms with Crippen molar-refractivity contribution in [2.45, 2.75) is 39.7 Å². The molecule has 0 spiro atoms. The van der Waals surface area contributed by atoms with E-state index in [1.54, 1.807) is 0 Å². The lowest BCUT2D eigenvalue weighted by Gasteiger charge is -2.04. The van der Waals surface area contributed by atoms with Crippen LogP contribution in [-0.2, 0) is 0 Å². The molecule has 1 aromatic rings. The maximum atomic E-state index is 5.74. The summed E-state index contributed by atoms with van der Waals surface area (Å²) in [6.07, 6.45) is 1.88. The summed E-state index contributed by atoms with van der Waals surface area (Å²) >= 11 is 0. The smallest absolute Gasteiger partial charge is 0.128 e. The third kappa shape index (κ3) is 2.91. The van der Waals surface area contributed by atoms with Crippen molar-refractivity contribution >= 4 is 5.84 Å². The van der Waals surface area contributed by atoms with Crippen LogP contribution < -0.4 is 5.73 Å². The highest BCUT2D eigenvalue weighted by atomic mass is 16.3. The van der Waals surface area contributed by atoms with E-state index in [9.17, 15) is 0 Å². The fourth-order valence-corrected chi connectivity index (χ4v) is 1.31. The highest BCUT2D eigenvalue weighted by Gasteiger charge is 2.07. The first kappa shape index (κ1) is 10.8. The van der Waals surface area contributed by atoms with Crippen LogP contribution in [0.5, 0.6) is 0 Å². The molecule has 0 aliphatic heterocycles. The van der Waals surface area contributed by atoms with Gasteiger partial charge in [-0.25, -0.2) is 0 Å². The second-order valence-corrected chi connectivity index (χ2v) is 3.49. The molecule has 0 radical (unpaired) electrons. The Bertz CT molecular complexity index is 315. The molecule has 1 aromatic heterocycles. The quantitative estimate of drug-likeness (QED) is 0.592. The topological polar surface area (TPSA) is 51.5 Å². The largest absolute Gasteiger partial charge is 0.464 e. The van der Waals surface area contributed by atoms with Crippen molar-refractivity contribution in [2.24, 2.45) is 10.7 Å². The number of nitrogens with zero attached hydrogens (tertiary/aromatic N) is 1. The third-order valence-electron chi connectivity index (χ3n) is 2.04. The molecule has 14 heavy (non-hydrogen) atoms. The second-order valence-electron chi connectivity index (χ2n) is 3.49. The van der Waals surface area contributed by atoms with Gasteiger partial charge in [0.2, 0.25) is 0 Å². The van der Waals surface area contributed by atoms with Gasteiger partial charge in [-0.3, -0.25) is 4.99 Å². The predicted octanol–water partition coefficient (Wildman–Crippen LogP) is 2.81. The number of aliphatic imine (C=N–C) groups is 1. The van der Waals surface area contributed by atoms with E-state index >= 15 is 0 Å². The zero-order chi connectivity index (χ0) is 10.6. The Morgan fingerprint density at radius 3 is 2.79 bits per heavy atom. The molecule has 0 aliphatic carbocycles. The number of rotatable bonds is 4. The SMILES string of the molecule is CCCC(N)=NC(C)c1ccc(C)o1. The van der Waals surface area contributed by atoms with Crippen LogP contribution in [0.3, 0.4) is 0 Å². The van der Waals surface area contributed by atoms with Crippen LogP contribution in [0.15, 0.2) is 21.5 Å². The van der Waals surface area contributed by atoms with Crippen molar-refractivity contribution in [3.05, 3.63) is 23.7 Å². The van der Waals surface area contributed by atoms with Crippen LogP contribution in [0.2, 0.25) is 0 Å². The molecule has 1 rings (SSSR count). The minimum atomic E-state index is 0.0234. The molecule has 0 saturated carbocycles. The number of nitrogens with two attached hydrogens (primary N) is 1. The van der Waals surface area contributed by atoms with Gasteiger partial charge in [-0.15, -0.1) is 0 Å². The van der Waals surface area contributed by atoms with Gasteiger partial charge in [-0.05, 0) is 32.4 Å². The molecule has 0 amide bonds. The molecule has 78 valence electrons. The monoisotopic (exact) mass is 194 g/mol. The third-order valence-corrected chi connectivity index (χ3v) is 2.04. The average Bonchev–Trinajstić information content (AvgIpc) is 2.52. The Labute approximate surface area is 85.0 Å². The van der Waals surface area contributed by atoms with Gasteiger partial charge in [0.25, 0.3) is 0 Å². The summed E-state index contributed by atoms with van der Waals surface area (Å²) < 4.78 is 5.46. The fourth-order valence-electron chi connectivity index (χ4n) is 1.31. The van der Waals surface area contributed by atoms with E-state index in [1.165, 1.54) is 0 Å². The van der Waals surface area contributed by atoms with E-state index in [0.29, 0.717) is 5.84 Å². The molecule has 1 heterocycles. The molecule has 1 unspecified atom stereocenters. The molecular formula is C11H18N2O. The molecule has 3 heteroatoms. The standard InChI is InChI=1S/C11H18N2O/c1-4-5-11(12)13-9(3)10-7-6-8(2)14-10/h6-7,9H,4-5H2,1-3H3,(H2,12,13). The van der Waals surface area contributed by atoms with Gasteiger partial charge in [0.15, 0.2) is 0 Å². The van der Waals surface area contributed by atoms with E-state index in [4.69, 9.17) is 10.2 Å². The van der Waals surface area contributed by atoms with E-state index in [1.807, 2.05) is 26.0 Å². The van der Waals surface area contributed by atoms with Gasteiger partial charge < -0.3 is 10.2 Å². The van der Waals surface area contributed by atoms with E-state index in [-0.39, 0.29) is 6.04 Å². The van der Waals surface area contributed by atoms with Gasteiger partial charge in [0.05, 0.1) is 5.84 Å². The Morgan fingerprint density at radius 2 is 2.29 bits per heavy atom. The van der Waals surface area contributed by atoms with Gasteiger partial charge in [-0.2, -0.15) is 0 Å². The lowest BCUT2D eigenvalue weighted by atomic mass is 10.2. The molecule has 0 fully saturated rings. The van der Waals surface area contributed by atoms with E-state index < -0.39 is 0 Å². The fraction of sp³-hybridized carbons (Fsp3) is 0.545. The zero-order valence-corrected chi connectivity index (χ0v) is 9.08. The van der Waals surface area contributed by atoms with E-state index in [0.717, 1.165) is 24.4 Å². The molecule has 3 nitrogen and oxygen atoms in total. The van der Waals surface area contributed by atoms with Crippen LogP contribution in [-0.4, -0.2) is 5.84 Å². The summed E-state index contributed by atoms with van der Waals surface area (Å²) in [5.74, 6) is 2.49. The maximum absolute atomic E-state index is 5.74. The minimum absolute atomic E-state index is 0.0234. The second kappa shape index (κ2) is 4.84. The number of hydrogen-bond donors (Lipinski definition) is 1. The van der Waals surface area contributed by atoms with E-state index in [2.05, 4.69) is 11.9 Å². The molecular weight excluding hydrogens is 176 g/mol. The maximum Gasteiger partial charge on any atom is 0.128 e. The zero-order valence-electron chi connectivity index (χ0n) is 9.08. The number of furan rings is 1. The summed E-state index contributed by atoms with van der Waals surface area (Å²) in [5.41, 5.74) is 5.74. The summed E-state index contributed by atoms with van der Waals surface area (Å²) in [5, 5.41) is 0. The Balaban J connectivity index is 2.66. The van der Waals surface area contributed by atoms with Gasteiger partial charge in [0, 0.05) is 6.42 Å². The van der Waals surface area contributed by atoms with Crippen molar-refractivity contribution in [3.63, 3.8) is 0 Å². The Hall–Kier alpha value is -1.25. The first-order valence-corrected chi connectivity index (χ1v) is 5.02. The molecule has 0 bridgehead atoms. The van der Waals surface area contributed by atoms with Crippen molar-refractivity contribution in [1.29, 1.82) is 0 Å². The van der Waals surface area contributed by atoms with Gasteiger partial charge in [-0.1, -0.05) is 6.92 Å². The predicted molar refractivity (Wildman–Crippen MR) is 58.4 cm³/mol. The van der Waals surface area contributed by atoms with Crippen LogP contribution in [0.25, 0.3) is 0 Å². The van der Waals surface area contributed by atoms with Crippen molar-refractivity contribution < 1.29 is 4.42 Å². The Kier molecular flexibility index (Phi) is 3.74. The van der Waals surface area contributed by atoms with Crippen molar-refractivity contribution in [3.8, 4) is 0 Å². The highest BCUT2D eigenvalue weighted by Crippen LogP contribution is 2.19. The molecule has 0 saturated heterocycles. The number of hydrogen-bond acceptors (Lipinski definition) is 2. The summed E-state index contributed by atoms with van der Waals surface area (Å²) in [7, 11) is 0. The normalized spacial score (nSPS) is 14.4. The number of amidine groups is 1. The molecule has 2 N–H and O–H groups in total. The highest BCUT2D eigenvalue weighted by molar-refractivity contribution is 5.80. The average molecular weight is 194 g/mol. The lowest BCUT2D eigenvalue weighted by Crippen LogP contribution is -2.12. The van der Waals surface area contributed by atoms with Gasteiger partial charge in [0.1, 0.15) is 17.6 Å².